The van der Waals surface area contributed by atoms with Crippen molar-refractivity contribution in [1.82, 2.24) is 0 Å². The Hall–Kier alpha value is -2.61. The average Bonchev–Trinajstić information content (AvgIpc) is 3.32. The SMILES string of the molecule is CCCc1c(Cl)ccc2oc(C=C(C=C3Oc4ccc(Cl)cc4N3S(=O)(=O)O)CC)[n+](S(=O)(=O)O)c12. The Morgan fingerprint density at radius 3 is 2.44 bits per heavy atom. The molecule has 0 radical (unpaired) electrons. The third-order valence-electron chi connectivity index (χ3n) is 5.35. The van der Waals surface area contributed by atoms with E-state index >= 15 is 0 Å². The van der Waals surface area contributed by atoms with Gasteiger partial charge in [0.1, 0.15) is 5.69 Å². The molecule has 0 fully saturated rings. The van der Waals surface area contributed by atoms with Crippen LogP contribution in [0, 0.1) is 0 Å². The highest BCUT2D eigenvalue weighted by molar-refractivity contribution is 7.87. The number of hydrogen-bond acceptors (Lipinski definition) is 6. The molecule has 1 aromatic heterocycles. The number of allylic oxidation sites excluding steroid dienone is 2. The molecular weight excluding hydrogens is 555 g/mol. The molecule has 10 nitrogen and oxygen atoms in total. The third kappa shape index (κ3) is 4.97. The molecule has 14 heteroatoms. The van der Waals surface area contributed by atoms with Crippen LogP contribution in [0.1, 0.15) is 38.1 Å². The largest absolute Gasteiger partial charge is 0.515 e. The van der Waals surface area contributed by atoms with Crippen LogP contribution in [0.5, 0.6) is 5.75 Å². The monoisotopic (exact) mass is 575 g/mol. The van der Waals surface area contributed by atoms with Gasteiger partial charge in [-0.25, -0.2) is 4.55 Å². The van der Waals surface area contributed by atoms with E-state index in [2.05, 4.69) is 0 Å². The van der Waals surface area contributed by atoms with Crippen LogP contribution in [0.15, 0.2) is 52.3 Å². The quantitative estimate of drug-likeness (QED) is 0.297. The van der Waals surface area contributed by atoms with Gasteiger partial charge in [-0.3, -0.25) is 4.55 Å². The number of nitrogens with zero attached hydrogens (tertiary/aromatic N) is 2. The van der Waals surface area contributed by atoms with E-state index in [4.69, 9.17) is 32.4 Å². The van der Waals surface area contributed by atoms with Crippen LogP contribution in [0.4, 0.5) is 5.69 Å². The zero-order valence-electron chi connectivity index (χ0n) is 19.0. The van der Waals surface area contributed by atoms with Crippen molar-refractivity contribution in [2.24, 2.45) is 0 Å². The minimum atomic E-state index is -4.83. The first-order valence-corrected chi connectivity index (χ1v) is 14.2. The van der Waals surface area contributed by atoms with E-state index in [1.165, 1.54) is 36.4 Å². The maximum Gasteiger partial charge on any atom is 0.515 e. The van der Waals surface area contributed by atoms with Gasteiger partial charge in [0.15, 0.2) is 5.75 Å². The second-order valence-electron chi connectivity index (χ2n) is 7.82. The molecule has 0 saturated heterocycles. The van der Waals surface area contributed by atoms with Crippen molar-refractivity contribution in [3.05, 3.63) is 69.4 Å². The highest BCUT2D eigenvalue weighted by Gasteiger charge is 2.37. The molecule has 1 aliphatic rings. The summed E-state index contributed by atoms with van der Waals surface area (Å²) in [6.45, 7) is 3.61. The molecule has 2 N–H and O–H groups in total. The van der Waals surface area contributed by atoms with E-state index in [-0.39, 0.29) is 45.8 Å². The molecule has 36 heavy (non-hydrogen) atoms. The van der Waals surface area contributed by atoms with Crippen LogP contribution in [0.25, 0.3) is 17.2 Å². The number of fused-ring (bicyclic) bond motifs is 2. The molecule has 2 heterocycles. The molecule has 1 aliphatic heterocycles. The maximum absolute atomic E-state index is 12.4. The summed E-state index contributed by atoms with van der Waals surface area (Å²) in [7, 11) is -9.63. The molecule has 192 valence electrons. The topological polar surface area (TPSA) is 138 Å². The van der Waals surface area contributed by atoms with Crippen molar-refractivity contribution in [3.63, 3.8) is 0 Å². The summed E-state index contributed by atoms with van der Waals surface area (Å²) in [4.78, 5) is 0. The van der Waals surface area contributed by atoms with Crippen molar-refractivity contribution in [3.8, 4) is 5.75 Å². The minimum absolute atomic E-state index is 0.00212. The normalized spacial score (nSPS) is 15.6. The van der Waals surface area contributed by atoms with Crippen LogP contribution in [-0.2, 0) is 27.0 Å². The summed E-state index contributed by atoms with van der Waals surface area (Å²) in [5, 5.41) is 0.534. The second kappa shape index (κ2) is 9.69. The molecule has 2 aromatic carbocycles. The van der Waals surface area contributed by atoms with Gasteiger partial charge in [-0.2, -0.15) is 12.7 Å². The molecule has 4 rings (SSSR count). The van der Waals surface area contributed by atoms with E-state index < -0.39 is 20.6 Å². The highest BCUT2D eigenvalue weighted by Crippen LogP contribution is 2.42. The number of anilines is 1. The minimum Gasteiger partial charge on any atom is -0.437 e. The lowest BCUT2D eigenvalue weighted by Crippen LogP contribution is -2.44. The molecule has 0 amide bonds. The standard InChI is InChI=1S/C22H20Cl2N2O8S2/c1-3-5-15-16(24)7-9-19-22(15)26(36(30,31)32)21(34-19)11-13(4-2)10-20-25(35(27,28)29)17-12-14(23)6-8-18(17)33-20/h6-12H,3-5H2,1-2H3,(H-,27,28,29,30,31,32)/p+1. The van der Waals surface area contributed by atoms with E-state index in [9.17, 15) is 25.9 Å². The Morgan fingerprint density at radius 2 is 1.83 bits per heavy atom. The van der Waals surface area contributed by atoms with Crippen LogP contribution in [0.3, 0.4) is 0 Å². The number of benzene rings is 2. The number of aromatic nitrogens is 1. The Kier molecular flexibility index (Phi) is 7.12. The Balaban J connectivity index is 1.92. The van der Waals surface area contributed by atoms with E-state index in [0.29, 0.717) is 37.3 Å². The molecule has 0 bridgehead atoms. The number of halogens is 2. The van der Waals surface area contributed by atoms with Crippen LogP contribution >= 0.6 is 23.2 Å². The maximum atomic E-state index is 12.4. The fraction of sp³-hybridized carbons (Fsp3) is 0.227. The van der Waals surface area contributed by atoms with Crippen molar-refractivity contribution in [1.29, 1.82) is 0 Å². The van der Waals surface area contributed by atoms with Gasteiger partial charge in [-0.05, 0) is 52.7 Å². The lowest BCUT2D eigenvalue weighted by atomic mass is 10.1. The first-order chi connectivity index (χ1) is 16.8. The smallest absolute Gasteiger partial charge is 0.437 e. The van der Waals surface area contributed by atoms with E-state index in [0.717, 1.165) is 0 Å². The third-order valence-corrected chi connectivity index (χ3v) is 7.60. The van der Waals surface area contributed by atoms with Gasteiger partial charge in [-0.1, -0.05) is 43.5 Å². The number of oxazole rings is 1. The highest BCUT2D eigenvalue weighted by atomic mass is 35.5. The Labute approximate surface area is 217 Å². The van der Waals surface area contributed by atoms with Crippen molar-refractivity contribution in [2.75, 3.05) is 4.31 Å². The van der Waals surface area contributed by atoms with Gasteiger partial charge in [0.05, 0.1) is 11.1 Å². The lowest BCUT2D eigenvalue weighted by Gasteiger charge is -2.14. The first kappa shape index (κ1) is 26.5. The van der Waals surface area contributed by atoms with E-state index in [1.54, 1.807) is 13.0 Å². The number of rotatable bonds is 7. The second-order valence-corrected chi connectivity index (χ2v) is 11.2. The van der Waals surface area contributed by atoms with Crippen molar-refractivity contribution in [2.45, 2.75) is 33.1 Å². The summed E-state index contributed by atoms with van der Waals surface area (Å²) in [6, 6.07) is 7.30. The zero-order valence-corrected chi connectivity index (χ0v) is 22.1. The predicted molar refractivity (Wildman–Crippen MR) is 135 cm³/mol. The number of ether oxygens (including phenoxy) is 1. The van der Waals surface area contributed by atoms with Gasteiger partial charge < -0.3 is 9.15 Å². The van der Waals surface area contributed by atoms with E-state index in [1.807, 2.05) is 6.92 Å². The van der Waals surface area contributed by atoms with Gasteiger partial charge >= 0.3 is 26.5 Å². The first-order valence-electron chi connectivity index (χ1n) is 10.7. The lowest BCUT2D eigenvalue weighted by molar-refractivity contribution is -0.499. The summed E-state index contributed by atoms with van der Waals surface area (Å²) < 4.78 is 81.5. The molecule has 0 saturated carbocycles. The van der Waals surface area contributed by atoms with Gasteiger partial charge in [-0.15, -0.1) is 8.42 Å². The zero-order chi connectivity index (χ0) is 26.4. The molecule has 3 aromatic rings. The number of hydrogen-bond donors (Lipinski definition) is 2. The van der Waals surface area contributed by atoms with Gasteiger partial charge in [0, 0.05) is 16.7 Å². The Morgan fingerprint density at radius 1 is 1.11 bits per heavy atom. The molecular formula is C22H21Cl2N2O8S2+. The van der Waals surface area contributed by atoms with Crippen LogP contribution in [0.2, 0.25) is 10.0 Å². The Bertz CT molecular complexity index is 1640. The number of aryl methyl sites for hydroxylation is 1. The fourth-order valence-corrected chi connectivity index (χ4v) is 5.73. The molecule has 0 aliphatic carbocycles. The van der Waals surface area contributed by atoms with Crippen LogP contribution < -0.4 is 13.0 Å². The molecule has 0 atom stereocenters. The van der Waals surface area contributed by atoms with Crippen LogP contribution in [-0.4, -0.2) is 25.9 Å². The van der Waals surface area contributed by atoms with Crippen molar-refractivity contribution < 1.29 is 39.1 Å². The van der Waals surface area contributed by atoms with Gasteiger partial charge in [0.2, 0.25) is 11.5 Å². The summed E-state index contributed by atoms with van der Waals surface area (Å²) in [6.07, 6.45) is 3.95. The molecule has 0 spiro atoms. The molecule has 0 unspecified atom stereocenters. The summed E-state index contributed by atoms with van der Waals surface area (Å²) in [5.41, 5.74) is 1.10. The average molecular weight is 576 g/mol. The summed E-state index contributed by atoms with van der Waals surface area (Å²) in [5.74, 6) is -0.390. The van der Waals surface area contributed by atoms with Crippen molar-refractivity contribution >= 4 is 66.7 Å². The summed E-state index contributed by atoms with van der Waals surface area (Å²) >= 11 is 12.3. The van der Waals surface area contributed by atoms with Gasteiger partial charge in [0.25, 0.3) is 5.52 Å². The predicted octanol–water partition coefficient (Wildman–Crippen LogP) is 4.97. The fourth-order valence-electron chi connectivity index (χ4n) is 3.86.